The first-order valence-corrected chi connectivity index (χ1v) is 5.17. The highest BCUT2D eigenvalue weighted by Crippen LogP contribution is 2.01. The summed E-state index contributed by atoms with van der Waals surface area (Å²) in [5, 5.41) is 3.08. The lowest BCUT2D eigenvalue weighted by atomic mass is 10.2. The van der Waals surface area contributed by atoms with E-state index in [9.17, 15) is 4.79 Å². The van der Waals surface area contributed by atoms with Crippen molar-refractivity contribution in [3.05, 3.63) is 60.1 Å². The number of hydrogen-bond acceptors (Lipinski definition) is 3. The van der Waals surface area contributed by atoms with Crippen molar-refractivity contribution >= 4 is 5.78 Å². The van der Waals surface area contributed by atoms with Crippen molar-refractivity contribution in [3.63, 3.8) is 0 Å². The molecule has 16 heavy (non-hydrogen) atoms. The van der Waals surface area contributed by atoms with Gasteiger partial charge in [0, 0.05) is 6.54 Å². The van der Waals surface area contributed by atoms with Gasteiger partial charge in [0.1, 0.15) is 0 Å². The Morgan fingerprint density at radius 3 is 2.62 bits per heavy atom. The summed E-state index contributed by atoms with van der Waals surface area (Å²) in [4.78, 5) is 11.5. The SMILES string of the molecule is O=C(CNCc1ccccc1)c1ccco1. The molecular weight excluding hydrogens is 202 g/mol. The molecule has 0 unspecified atom stereocenters. The zero-order chi connectivity index (χ0) is 11.2. The van der Waals surface area contributed by atoms with Crippen LogP contribution in [-0.4, -0.2) is 12.3 Å². The summed E-state index contributed by atoms with van der Waals surface area (Å²) in [5.74, 6) is 0.376. The maximum atomic E-state index is 11.5. The van der Waals surface area contributed by atoms with Crippen LogP contribution in [0.15, 0.2) is 53.1 Å². The molecule has 0 amide bonds. The molecule has 1 N–H and O–H groups in total. The molecule has 2 rings (SSSR count). The summed E-state index contributed by atoms with van der Waals surface area (Å²) in [6.45, 7) is 0.982. The van der Waals surface area contributed by atoms with E-state index in [0.717, 1.165) is 5.56 Å². The summed E-state index contributed by atoms with van der Waals surface area (Å²) < 4.78 is 5.01. The minimum atomic E-state index is -0.0269. The van der Waals surface area contributed by atoms with Crippen LogP contribution >= 0.6 is 0 Å². The lowest BCUT2D eigenvalue weighted by Gasteiger charge is -2.02. The van der Waals surface area contributed by atoms with Crippen LogP contribution in [0.25, 0.3) is 0 Å². The van der Waals surface area contributed by atoms with E-state index in [1.54, 1.807) is 12.1 Å². The number of carbonyl (C=O) groups is 1. The Balaban J connectivity index is 1.79. The van der Waals surface area contributed by atoms with E-state index in [2.05, 4.69) is 5.32 Å². The molecule has 3 heteroatoms. The highest BCUT2D eigenvalue weighted by Gasteiger charge is 2.07. The summed E-state index contributed by atoms with van der Waals surface area (Å²) in [6.07, 6.45) is 1.50. The van der Waals surface area contributed by atoms with Crippen LogP contribution in [0, 0.1) is 0 Å². The lowest BCUT2D eigenvalue weighted by Crippen LogP contribution is -2.22. The molecule has 0 aliphatic heterocycles. The molecule has 0 radical (unpaired) electrons. The minimum Gasteiger partial charge on any atom is -0.461 e. The number of nitrogens with one attached hydrogen (secondary N) is 1. The van der Waals surface area contributed by atoms with Crippen molar-refractivity contribution in [3.8, 4) is 0 Å². The predicted octanol–water partition coefficient (Wildman–Crippen LogP) is 2.25. The van der Waals surface area contributed by atoms with Gasteiger partial charge in [-0.25, -0.2) is 0 Å². The predicted molar refractivity (Wildman–Crippen MR) is 61.2 cm³/mol. The van der Waals surface area contributed by atoms with Gasteiger partial charge in [-0.2, -0.15) is 0 Å². The summed E-state index contributed by atoms with van der Waals surface area (Å²) in [7, 11) is 0. The van der Waals surface area contributed by atoms with Crippen LogP contribution in [0.3, 0.4) is 0 Å². The number of ketones is 1. The Morgan fingerprint density at radius 1 is 1.12 bits per heavy atom. The van der Waals surface area contributed by atoms with E-state index in [1.165, 1.54) is 6.26 Å². The molecule has 0 saturated carbocycles. The Kier molecular flexibility index (Phi) is 3.51. The molecular formula is C13H13NO2. The Hall–Kier alpha value is -1.87. The number of rotatable bonds is 5. The van der Waals surface area contributed by atoms with E-state index in [4.69, 9.17) is 4.42 Å². The Morgan fingerprint density at radius 2 is 1.94 bits per heavy atom. The van der Waals surface area contributed by atoms with E-state index < -0.39 is 0 Å². The number of carbonyl (C=O) groups excluding carboxylic acids is 1. The highest BCUT2D eigenvalue weighted by atomic mass is 16.3. The molecule has 0 bridgehead atoms. The molecule has 0 saturated heterocycles. The van der Waals surface area contributed by atoms with E-state index in [-0.39, 0.29) is 5.78 Å². The van der Waals surface area contributed by atoms with Gasteiger partial charge in [0.2, 0.25) is 5.78 Å². The normalized spacial score (nSPS) is 10.2. The second-order valence-electron chi connectivity index (χ2n) is 3.49. The average Bonchev–Trinajstić information content (AvgIpc) is 2.84. The van der Waals surface area contributed by atoms with Gasteiger partial charge in [0.25, 0.3) is 0 Å². The molecule has 0 aliphatic carbocycles. The fourth-order valence-electron chi connectivity index (χ4n) is 1.44. The number of furan rings is 1. The molecule has 3 nitrogen and oxygen atoms in total. The molecule has 1 aromatic carbocycles. The van der Waals surface area contributed by atoms with Gasteiger partial charge in [-0.15, -0.1) is 0 Å². The average molecular weight is 215 g/mol. The fraction of sp³-hybridized carbons (Fsp3) is 0.154. The van der Waals surface area contributed by atoms with Crippen molar-refractivity contribution in [2.75, 3.05) is 6.54 Å². The number of benzene rings is 1. The highest BCUT2D eigenvalue weighted by molar-refractivity contribution is 5.94. The monoisotopic (exact) mass is 215 g/mol. The number of hydrogen-bond donors (Lipinski definition) is 1. The fourth-order valence-corrected chi connectivity index (χ4v) is 1.44. The molecule has 0 spiro atoms. The van der Waals surface area contributed by atoms with Gasteiger partial charge in [-0.3, -0.25) is 4.79 Å². The van der Waals surface area contributed by atoms with E-state index >= 15 is 0 Å². The smallest absolute Gasteiger partial charge is 0.211 e. The second-order valence-corrected chi connectivity index (χ2v) is 3.49. The van der Waals surface area contributed by atoms with Gasteiger partial charge in [0.15, 0.2) is 5.76 Å². The largest absolute Gasteiger partial charge is 0.461 e. The Bertz CT molecular complexity index is 434. The summed E-state index contributed by atoms with van der Waals surface area (Å²) in [6, 6.07) is 13.3. The third-order valence-corrected chi connectivity index (χ3v) is 2.25. The zero-order valence-electron chi connectivity index (χ0n) is 8.85. The van der Waals surface area contributed by atoms with Gasteiger partial charge < -0.3 is 9.73 Å². The third kappa shape index (κ3) is 2.81. The molecule has 0 atom stereocenters. The van der Waals surface area contributed by atoms with Crippen LogP contribution in [0.1, 0.15) is 16.1 Å². The quantitative estimate of drug-likeness (QED) is 0.778. The van der Waals surface area contributed by atoms with E-state index in [0.29, 0.717) is 18.8 Å². The minimum absolute atomic E-state index is 0.0269. The maximum Gasteiger partial charge on any atom is 0.211 e. The molecule has 1 aromatic heterocycles. The maximum absolute atomic E-state index is 11.5. The van der Waals surface area contributed by atoms with Gasteiger partial charge in [-0.05, 0) is 17.7 Å². The Labute approximate surface area is 94.1 Å². The van der Waals surface area contributed by atoms with Crippen molar-refractivity contribution in [1.82, 2.24) is 5.32 Å². The van der Waals surface area contributed by atoms with Crippen molar-refractivity contribution in [1.29, 1.82) is 0 Å². The topological polar surface area (TPSA) is 42.2 Å². The first-order chi connectivity index (χ1) is 7.86. The van der Waals surface area contributed by atoms with Crippen LogP contribution in [0.2, 0.25) is 0 Å². The molecule has 1 heterocycles. The molecule has 2 aromatic rings. The first kappa shape index (κ1) is 10.6. The lowest BCUT2D eigenvalue weighted by molar-refractivity contribution is 0.0964. The van der Waals surface area contributed by atoms with Crippen LogP contribution in [0.5, 0.6) is 0 Å². The zero-order valence-corrected chi connectivity index (χ0v) is 8.85. The van der Waals surface area contributed by atoms with Crippen molar-refractivity contribution in [2.24, 2.45) is 0 Å². The molecule has 0 fully saturated rings. The van der Waals surface area contributed by atoms with Crippen LogP contribution < -0.4 is 5.32 Å². The van der Waals surface area contributed by atoms with Crippen LogP contribution in [0.4, 0.5) is 0 Å². The third-order valence-electron chi connectivity index (χ3n) is 2.25. The molecule has 82 valence electrons. The number of Topliss-reactive ketones (excluding diaryl/α,β-unsaturated/α-hetero) is 1. The van der Waals surface area contributed by atoms with Crippen molar-refractivity contribution in [2.45, 2.75) is 6.54 Å². The first-order valence-electron chi connectivity index (χ1n) is 5.17. The van der Waals surface area contributed by atoms with Gasteiger partial charge in [0.05, 0.1) is 12.8 Å². The van der Waals surface area contributed by atoms with E-state index in [1.807, 2.05) is 30.3 Å². The van der Waals surface area contributed by atoms with Gasteiger partial charge >= 0.3 is 0 Å². The van der Waals surface area contributed by atoms with Crippen LogP contribution in [-0.2, 0) is 6.54 Å². The van der Waals surface area contributed by atoms with Crippen molar-refractivity contribution < 1.29 is 9.21 Å². The van der Waals surface area contributed by atoms with Gasteiger partial charge in [-0.1, -0.05) is 30.3 Å². The second kappa shape index (κ2) is 5.28. The standard InChI is InChI=1S/C13H13NO2/c15-12(13-7-4-8-16-13)10-14-9-11-5-2-1-3-6-11/h1-8,14H,9-10H2. The molecule has 0 aliphatic rings. The summed E-state index contributed by atoms with van der Waals surface area (Å²) in [5.41, 5.74) is 1.16. The summed E-state index contributed by atoms with van der Waals surface area (Å²) >= 11 is 0.